The smallest absolute Gasteiger partial charge is 0.237 e. The second-order valence-corrected chi connectivity index (χ2v) is 5.42. The molecule has 1 atom stereocenters. The summed E-state index contributed by atoms with van der Waals surface area (Å²) < 4.78 is 0. The molecule has 1 aliphatic heterocycles. The van der Waals surface area contributed by atoms with E-state index < -0.39 is 0 Å². The van der Waals surface area contributed by atoms with E-state index in [1.165, 1.54) is 0 Å². The van der Waals surface area contributed by atoms with Crippen LogP contribution in [0.1, 0.15) is 32.3 Å². The van der Waals surface area contributed by atoms with Crippen LogP contribution in [0, 0.1) is 5.41 Å². The minimum atomic E-state index is -0.0739. The Balaban J connectivity index is 1.90. The van der Waals surface area contributed by atoms with Gasteiger partial charge in [-0.1, -0.05) is 13.8 Å². The minimum Gasteiger partial charge on any atom is -0.367 e. The van der Waals surface area contributed by atoms with Crippen LogP contribution in [0.4, 0.5) is 0 Å². The average Bonchev–Trinajstić information content (AvgIpc) is 2.78. The van der Waals surface area contributed by atoms with Crippen LogP contribution < -0.4 is 10.6 Å². The zero-order chi connectivity index (χ0) is 12.3. The number of hydrogen-bond acceptors (Lipinski definition) is 2. The number of aromatic nitrogens is 1. The fourth-order valence-corrected chi connectivity index (χ4v) is 2.42. The molecule has 1 aromatic rings. The predicted octanol–water partition coefficient (Wildman–Crippen LogP) is 1.41. The Hall–Kier alpha value is -1.29. The zero-order valence-corrected chi connectivity index (χ0v) is 10.5. The second kappa shape index (κ2) is 4.92. The van der Waals surface area contributed by atoms with Gasteiger partial charge in [0.1, 0.15) is 0 Å². The molecule has 17 heavy (non-hydrogen) atoms. The number of rotatable bonds is 3. The topological polar surface area (TPSA) is 56.9 Å². The lowest BCUT2D eigenvalue weighted by atomic mass is 9.77. The Morgan fingerprint density at radius 2 is 2.41 bits per heavy atom. The Kier molecular flexibility index (Phi) is 3.52. The highest BCUT2D eigenvalue weighted by Crippen LogP contribution is 2.30. The summed E-state index contributed by atoms with van der Waals surface area (Å²) in [6, 6.07) is 1.90. The Morgan fingerprint density at radius 3 is 3.06 bits per heavy atom. The quantitative estimate of drug-likeness (QED) is 0.742. The molecule has 2 rings (SSSR count). The molecule has 0 saturated carbocycles. The third-order valence-corrected chi connectivity index (χ3v) is 3.52. The molecule has 0 bridgehead atoms. The van der Waals surface area contributed by atoms with Gasteiger partial charge in [0.2, 0.25) is 5.91 Å². The number of piperidine rings is 1. The van der Waals surface area contributed by atoms with Gasteiger partial charge in [-0.25, -0.2) is 0 Å². The first-order valence-electron chi connectivity index (χ1n) is 6.22. The Morgan fingerprint density at radius 1 is 1.59 bits per heavy atom. The molecule has 0 spiro atoms. The summed E-state index contributed by atoms with van der Waals surface area (Å²) in [4.78, 5) is 15.1. The Labute approximate surface area is 102 Å². The highest BCUT2D eigenvalue weighted by molar-refractivity contribution is 5.82. The van der Waals surface area contributed by atoms with E-state index >= 15 is 0 Å². The molecule has 1 unspecified atom stereocenters. The molecule has 1 saturated heterocycles. The number of amides is 1. The third kappa shape index (κ3) is 2.88. The van der Waals surface area contributed by atoms with Crippen molar-refractivity contribution in [3.63, 3.8) is 0 Å². The third-order valence-electron chi connectivity index (χ3n) is 3.52. The predicted molar refractivity (Wildman–Crippen MR) is 67.4 cm³/mol. The Bertz CT molecular complexity index is 370. The van der Waals surface area contributed by atoms with Crippen LogP contribution in [-0.4, -0.2) is 23.5 Å². The normalized spacial score (nSPS) is 23.3. The maximum absolute atomic E-state index is 12.1. The van der Waals surface area contributed by atoms with E-state index in [-0.39, 0.29) is 17.4 Å². The molecule has 4 nitrogen and oxygen atoms in total. The number of nitrogens with one attached hydrogen (secondary N) is 3. The number of aromatic amines is 1. The molecule has 1 fully saturated rings. The molecule has 94 valence electrons. The van der Waals surface area contributed by atoms with Gasteiger partial charge < -0.3 is 15.6 Å². The number of carbonyl (C=O) groups excluding carboxylic acids is 1. The molecule has 3 N–H and O–H groups in total. The van der Waals surface area contributed by atoms with Gasteiger partial charge in [0.25, 0.3) is 0 Å². The van der Waals surface area contributed by atoms with Crippen LogP contribution >= 0.6 is 0 Å². The lowest BCUT2D eigenvalue weighted by Gasteiger charge is -2.38. The molecule has 1 amide bonds. The molecule has 0 aromatic carbocycles. The largest absolute Gasteiger partial charge is 0.367 e. The molecule has 2 heterocycles. The molecule has 0 radical (unpaired) electrons. The fraction of sp³-hybridized carbons (Fsp3) is 0.615. The summed E-state index contributed by atoms with van der Waals surface area (Å²) in [5.41, 5.74) is 1.15. The molecular weight excluding hydrogens is 214 g/mol. The van der Waals surface area contributed by atoms with E-state index in [0.717, 1.165) is 24.9 Å². The van der Waals surface area contributed by atoms with Gasteiger partial charge in [-0.15, -0.1) is 0 Å². The monoisotopic (exact) mass is 235 g/mol. The van der Waals surface area contributed by atoms with Crippen molar-refractivity contribution >= 4 is 5.91 Å². The van der Waals surface area contributed by atoms with Gasteiger partial charge in [-0.2, -0.15) is 0 Å². The van der Waals surface area contributed by atoms with Crippen molar-refractivity contribution in [3.05, 3.63) is 24.0 Å². The lowest BCUT2D eigenvalue weighted by Crippen LogP contribution is -2.55. The van der Waals surface area contributed by atoms with Crippen molar-refractivity contribution in [2.24, 2.45) is 5.41 Å². The number of hydrogen-bond donors (Lipinski definition) is 3. The van der Waals surface area contributed by atoms with Gasteiger partial charge in [0, 0.05) is 18.9 Å². The van der Waals surface area contributed by atoms with Gasteiger partial charge in [-0.3, -0.25) is 4.79 Å². The second-order valence-electron chi connectivity index (χ2n) is 5.42. The SMILES string of the molecule is CC1(C)CCCNC1C(=O)NCc1cc[nH]c1. The van der Waals surface area contributed by atoms with Crippen LogP contribution in [0.3, 0.4) is 0 Å². The average molecular weight is 235 g/mol. The van der Waals surface area contributed by atoms with Gasteiger partial charge in [0.05, 0.1) is 6.04 Å². The standard InChI is InChI=1S/C13H21N3O/c1-13(2)5-3-6-15-11(13)12(17)16-9-10-4-7-14-8-10/h4,7-8,11,14-15H,3,5-6,9H2,1-2H3,(H,16,17). The van der Waals surface area contributed by atoms with Crippen molar-refractivity contribution in [2.45, 2.75) is 39.3 Å². The number of carbonyl (C=O) groups is 1. The van der Waals surface area contributed by atoms with Gasteiger partial charge in [0.15, 0.2) is 0 Å². The molecule has 1 aliphatic rings. The molecule has 1 aromatic heterocycles. The van der Waals surface area contributed by atoms with Crippen molar-refractivity contribution in [3.8, 4) is 0 Å². The van der Waals surface area contributed by atoms with Crippen molar-refractivity contribution in [2.75, 3.05) is 6.54 Å². The van der Waals surface area contributed by atoms with Crippen LogP contribution in [0.2, 0.25) is 0 Å². The molecule has 4 heteroatoms. The summed E-state index contributed by atoms with van der Waals surface area (Å²) >= 11 is 0. The molecule has 0 aliphatic carbocycles. The van der Waals surface area contributed by atoms with Gasteiger partial charge >= 0.3 is 0 Å². The van der Waals surface area contributed by atoms with Crippen molar-refractivity contribution in [1.29, 1.82) is 0 Å². The van der Waals surface area contributed by atoms with Crippen LogP contribution in [0.5, 0.6) is 0 Å². The summed E-state index contributed by atoms with van der Waals surface area (Å²) in [5.74, 6) is 0.107. The maximum atomic E-state index is 12.1. The fourth-order valence-electron chi connectivity index (χ4n) is 2.42. The van der Waals surface area contributed by atoms with E-state index in [4.69, 9.17) is 0 Å². The first-order chi connectivity index (χ1) is 8.09. The summed E-state index contributed by atoms with van der Waals surface area (Å²) in [6.07, 6.45) is 6.01. The van der Waals surface area contributed by atoms with E-state index in [1.54, 1.807) is 0 Å². The van der Waals surface area contributed by atoms with Crippen molar-refractivity contribution < 1.29 is 4.79 Å². The van der Waals surface area contributed by atoms with Crippen molar-refractivity contribution in [1.82, 2.24) is 15.6 Å². The number of H-pyrrole nitrogens is 1. The first kappa shape index (κ1) is 12.2. The highest BCUT2D eigenvalue weighted by Gasteiger charge is 2.36. The van der Waals surface area contributed by atoms with E-state index in [9.17, 15) is 4.79 Å². The summed E-state index contributed by atoms with van der Waals surface area (Å²) in [6.45, 7) is 5.83. The lowest BCUT2D eigenvalue weighted by molar-refractivity contribution is -0.126. The van der Waals surface area contributed by atoms with Crippen LogP contribution in [0.15, 0.2) is 18.5 Å². The van der Waals surface area contributed by atoms with Gasteiger partial charge in [-0.05, 0) is 36.4 Å². The maximum Gasteiger partial charge on any atom is 0.237 e. The van der Waals surface area contributed by atoms with E-state index in [0.29, 0.717) is 6.54 Å². The van der Waals surface area contributed by atoms with Crippen LogP contribution in [-0.2, 0) is 11.3 Å². The van der Waals surface area contributed by atoms with E-state index in [1.807, 2.05) is 18.5 Å². The molecular formula is C13H21N3O. The highest BCUT2D eigenvalue weighted by atomic mass is 16.2. The summed E-state index contributed by atoms with van der Waals surface area (Å²) in [7, 11) is 0. The zero-order valence-electron chi connectivity index (χ0n) is 10.5. The summed E-state index contributed by atoms with van der Waals surface area (Å²) in [5, 5.41) is 6.31. The first-order valence-corrected chi connectivity index (χ1v) is 6.22. The van der Waals surface area contributed by atoms with Crippen LogP contribution in [0.25, 0.3) is 0 Å². The van der Waals surface area contributed by atoms with E-state index in [2.05, 4.69) is 29.5 Å². The minimum absolute atomic E-state index is 0.0421.